The van der Waals surface area contributed by atoms with Gasteiger partial charge in [-0.1, -0.05) is 24.6 Å². The molecule has 1 nitrogen and oxygen atoms in total. The number of hydrogen-bond acceptors (Lipinski definition) is 1. The molecular formula is C17H21ClO. The minimum absolute atomic E-state index is 0.399. The second-order valence-corrected chi connectivity index (χ2v) is 7.09. The smallest absolute Gasteiger partial charge is 0.122 e. The van der Waals surface area contributed by atoms with Crippen LogP contribution >= 0.6 is 11.6 Å². The molecule has 3 aliphatic rings. The van der Waals surface area contributed by atoms with E-state index in [1.807, 2.05) is 0 Å². The fraction of sp³-hybridized carbons (Fsp3) is 0.647. The zero-order chi connectivity index (χ0) is 12.9. The number of para-hydroxylation sites is 1. The van der Waals surface area contributed by atoms with E-state index in [0.717, 1.165) is 30.1 Å². The summed E-state index contributed by atoms with van der Waals surface area (Å²) < 4.78 is 5.85. The molecule has 0 saturated heterocycles. The molecule has 0 aromatic heterocycles. The van der Waals surface area contributed by atoms with Gasteiger partial charge in [0.25, 0.3) is 0 Å². The SMILES string of the molecule is ClCC1(CC2COc3ccccc32)CC2CCC1C2. The molecule has 4 rings (SSSR count). The van der Waals surface area contributed by atoms with Crippen molar-refractivity contribution in [2.45, 2.75) is 38.0 Å². The van der Waals surface area contributed by atoms with E-state index in [1.54, 1.807) is 0 Å². The lowest BCUT2D eigenvalue weighted by atomic mass is 9.68. The van der Waals surface area contributed by atoms with Crippen LogP contribution in [-0.4, -0.2) is 12.5 Å². The predicted octanol–water partition coefficient (Wildman–Crippen LogP) is 4.60. The first kappa shape index (κ1) is 12.1. The van der Waals surface area contributed by atoms with E-state index in [1.165, 1.54) is 37.7 Å². The molecule has 2 aliphatic carbocycles. The monoisotopic (exact) mass is 276 g/mol. The van der Waals surface area contributed by atoms with Gasteiger partial charge in [-0.15, -0.1) is 11.6 Å². The average molecular weight is 277 g/mol. The Hall–Kier alpha value is -0.690. The number of halogens is 1. The second-order valence-electron chi connectivity index (χ2n) is 6.83. The lowest BCUT2D eigenvalue weighted by molar-refractivity contribution is 0.155. The number of fused-ring (bicyclic) bond motifs is 3. The highest BCUT2D eigenvalue weighted by molar-refractivity contribution is 6.18. The summed E-state index contributed by atoms with van der Waals surface area (Å²) in [6.45, 7) is 0.857. The first-order valence-electron chi connectivity index (χ1n) is 7.58. The fourth-order valence-electron chi connectivity index (χ4n) is 4.92. The average Bonchev–Trinajstić information content (AvgIpc) is 3.14. The van der Waals surface area contributed by atoms with Crippen molar-refractivity contribution in [2.24, 2.45) is 17.3 Å². The van der Waals surface area contributed by atoms with Gasteiger partial charge in [-0.05, 0) is 49.0 Å². The van der Waals surface area contributed by atoms with Crippen LogP contribution < -0.4 is 4.74 Å². The lowest BCUT2D eigenvalue weighted by Gasteiger charge is -2.38. The van der Waals surface area contributed by atoms with Gasteiger partial charge in [0.2, 0.25) is 0 Å². The highest BCUT2D eigenvalue weighted by Gasteiger charge is 2.51. The number of ether oxygens (including phenoxy) is 1. The van der Waals surface area contributed by atoms with Gasteiger partial charge in [-0.3, -0.25) is 0 Å². The molecule has 2 bridgehead atoms. The molecule has 19 heavy (non-hydrogen) atoms. The van der Waals surface area contributed by atoms with Crippen molar-refractivity contribution in [1.82, 2.24) is 0 Å². The molecule has 102 valence electrons. The van der Waals surface area contributed by atoms with Crippen LogP contribution in [0.25, 0.3) is 0 Å². The number of hydrogen-bond donors (Lipinski definition) is 0. The summed E-state index contributed by atoms with van der Waals surface area (Å²) in [6, 6.07) is 8.54. The Morgan fingerprint density at radius 3 is 2.89 bits per heavy atom. The lowest BCUT2D eigenvalue weighted by Crippen LogP contribution is -2.32. The molecule has 0 radical (unpaired) electrons. The molecule has 0 amide bonds. The van der Waals surface area contributed by atoms with E-state index in [9.17, 15) is 0 Å². The molecule has 1 aromatic rings. The van der Waals surface area contributed by atoms with Gasteiger partial charge in [-0.25, -0.2) is 0 Å². The van der Waals surface area contributed by atoms with E-state index in [0.29, 0.717) is 11.3 Å². The Morgan fingerprint density at radius 1 is 1.26 bits per heavy atom. The zero-order valence-corrected chi connectivity index (χ0v) is 12.0. The van der Waals surface area contributed by atoms with Gasteiger partial charge in [0, 0.05) is 17.4 Å². The number of benzene rings is 1. The van der Waals surface area contributed by atoms with Crippen molar-refractivity contribution in [3.05, 3.63) is 29.8 Å². The normalized spacial score (nSPS) is 39.3. The van der Waals surface area contributed by atoms with Crippen LogP contribution in [-0.2, 0) is 0 Å². The van der Waals surface area contributed by atoms with Crippen molar-refractivity contribution in [1.29, 1.82) is 0 Å². The third kappa shape index (κ3) is 1.81. The van der Waals surface area contributed by atoms with Crippen LogP contribution in [0.4, 0.5) is 0 Å². The maximum absolute atomic E-state index is 6.42. The molecule has 0 N–H and O–H groups in total. The Morgan fingerprint density at radius 2 is 2.16 bits per heavy atom. The maximum atomic E-state index is 6.42. The molecule has 1 aliphatic heterocycles. The van der Waals surface area contributed by atoms with Gasteiger partial charge in [0.1, 0.15) is 5.75 Å². The molecule has 2 saturated carbocycles. The Labute approximate surface area is 120 Å². The molecule has 1 heterocycles. The topological polar surface area (TPSA) is 9.23 Å². The van der Waals surface area contributed by atoms with Crippen LogP contribution in [0.3, 0.4) is 0 Å². The van der Waals surface area contributed by atoms with Crippen molar-refractivity contribution in [3.63, 3.8) is 0 Å². The number of rotatable bonds is 3. The van der Waals surface area contributed by atoms with E-state index in [4.69, 9.17) is 16.3 Å². The second kappa shape index (κ2) is 4.41. The Kier molecular flexibility index (Phi) is 2.80. The Bertz CT molecular complexity index is 486. The van der Waals surface area contributed by atoms with E-state index in [-0.39, 0.29) is 0 Å². The Balaban J connectivity index is 1.59. The van der Waals surface area contributed by atoms with Crippen molar-refractivity contribution >= 4 is 11.6 Å². The van der Waals surface area contributed by atoms with E-state index >= 15 is 0 Å². The van der Waals surface area contributed by atoms with Crippen LogP contribution in [0.1, 0.15) is 43.6 Å². The molecular weight excluding hydrogens is 256 g/mol. The van der Waals surface area contributed by atoms with E-state index in [2.05, 4.69) is 24.3 Å². The largest absolute Gasteiger partial charge is 0.493 e. The standard InChI is InChI=1S/C17H21ClO/c18-11-17(8-12-5-6-14(17)7-12)9-13-10-19-16-4-2-1-3-15(13)16/h1-4,12-14H,5-11H2. The molecule has 2 heteroatoms. The summed E-state index contributed by atoms with van der Waals surface area (Å²) >= 11 is 6.42. The summed E-state index contributed by atoms with van der Waals surface area (Å²) in [5.74, 6) is 4.34. The molecule has 4 unspecified atom stereocenters. The summed E-state index contributed by atoms with van der Waals surface area (Å²) in [7, 11) is 0. The molecule has 1 aromatic carbocycles. The van der Waals surface area contributed by atoms with Crippen molar-refractivity contribution in [2.75, 3.05) is 12.5 Å². The highest BCUT2D eigenvalue weighted by atomic mass is 35.5. The van der Waals surface area contributed by atoms with Crippen LogP contribution in [0.5, 0.6) is 5.75 Å². The quantitative estimate of drug-likeness (QED) is 0.733. The minimum Gasteiger partial charge on any atom is -0.493 e. The van der Waals surface area contributed by atoms with Crippen LogP contribution in [0.15, 0.2) is 24.3 Å². The summed E-state index contributed by atoms with van der Waals surface area (Å²) in [6.07, 6.45) is 6.88. The van der Waals surface area contributed by atoms with Gasteiger partial charge in [0.05, 0.1) is 6.61 Å². The van der Waals surface area contributed by atoms with Crippen LogP contribution in [0, 0.1) is 17.3 Å². The summed E-state index contributed by atoms with van der Waals surface area (Å²) in [5, 5.41) is 0. The summed E-state index contributed by atoms with van der Waals surface area (Å²) in [4.78, 5) is 0. The maximum Gasteiger partial charge on any atom is 0.122 e. The van der Waals surface area contributed by atoms with Gasteiger partial charge in [0.15, 0.2) is 0 Å². The van der Waals surface area contributed by atoms with Gasteiger partial charge < -0.3 is 4.74 Å². The highest BCUT2D eigenvalue weighted by Crippen LogP contribution is 2.60. The molecule has 2 fully saturated rings. The first-order chi connectivity index (χ1) is 9.31. The fourth-order valence-corrected chi connectivity index (χ4v) is 5.35. The number of alkyl halides is 1. The minimum atomic E-state index is 0.399. The predicted molar refractivity (Wildman–Crippen MR) is 77.9 cm³/mol. The first-order valence-corrected chi connectivity index (χ1v) is 8.12. The third-order valence-corrected chi connectivity index (χ3v) is 6.35. The zero-order valence-electron chi connectivity index (χ0n) is 11.3. The van der Waals surface area contributed by atoms with Crippen LogP contribution in [0.2, 0.25) is 0 Å². The van der Waals surface area contributed by atoms with Crippen molar-refractivity contribution < 1.29 is 4.74 Å². The summed E-state index contributed by atoms with van der Waals surface area (Å²) in [5.41, 5.74) is 1.81. The third-order valence-electron chi connectivity index (χ3n) is 5.82. The van der Waals surface area contributed by atoms with Gasteiger partial charge >= 0.3 is 0 Å². The van der Waals surface area contributed by atoms with E-state index < -0.39 is 0 Å². The van der Waals surface area contributed by atoms with Gasteiger partial charge in [-0.2, -0.15) is 0 Å². The van der Waals surface area contributed by atoms with Crippen molar-refractivity contribution in [3.8, 4) is 5.75 Å². The molecule has 4 atom stereocenters. The molecule has 0 spiro atoms.